The van der Waals surface area contributed by atoms with E-state index >= 15 is 0 Å². The average molecular weight is 488 g/mol. The zero-order chi connectivity index (χ0) is 23.3. The van der Waals surface area contributed by atoms with Crippen molar-refractivity contribution < 1.29 is 17.6 Å². The molecule has 0 spiro atoms. The Labute approximate surface area is 197 Å². The number of hydrogen-bond donors (Lipinski definition) is 1. The molecule has 1 fully saturated rings. The van der Waals surface area contributed by atoms with E-state index < -0.39 is 26.8 Å². The zero-order valence-corrected chi connectivity index (χ0v) is 19.7. The number of piperazine rings is 1. The van der Waals surface area contributed by atoms with Crippen molar-refractivity contribution >= 4 is 27.3 Å². The second kappa shape index (κ2) is 10.6. The molecule has 1 aliphatic rings. The Kier molecular flexibility index (Phi) is 7.54. The summed E-state index contributed by atoms with van der Waals surface area (Å²) in [5.74, 6) is -1.15. The number of amides is 1. The topological polar surface area (TPSA) is 69.7 Å². The van der Waals surface area contributed by atoms with E-state index in [2.05, 4.69) is 15.7 Å². The lowest BCUT2D eigenvalue weighted by Gasteiger charge is -2.36. The number of carbonyl (C=O) groups excluding carboxylic acids is 1. The van der Waals surface area contributed by atoms with Crippen molar-refractivity contribution in [2.45, 2.75) is 23.9 Å². The van der Waals surface area contributed by atoms with E-state index in [4.69, 9.17) is 0 Å². The van der Waals surface area contributed by atoms with Gasteiger partial charge in [0.25, 0.3) is 0 Å². The van der Waals surface area contributed by atoms with Crippen molar-refractivity contribution in [1.82, 2.24) is 14.5 Å². The lowest BCUT2D eigenvalue weighted by atomic mass is 10.1. The first kappa shape index (κ1) is 23.6. The van der Waals surface area contributed by atoms with E-state index in [-0.39, 0.29) is 12.3 Å². The van der Waals surface area contributed by atoms with E-state index in [0.717, 1.165) is 18.2 Å². The summed E-state index contributed by atoms with van der Waals surface area (Å²) in [6.45, 7) is 3.28. The highest BCUT2D eigenvalue weighted by Gasteiger charge is 2.32. The van der Waals surface area contributed by atoms with Crippen LogP contribution in [0.3, 0.4) is 0 Å². The van der Waals surface area contributed by atoms with Crippen LogP contribution in [0.5, 0.6) is 0 Å². The van der Waals surface area contributed by atoms with Crippen LogP contribution in [-0.2, 0) is 27.8 Å². The normalized spacial score (nSPS) is 16.0. The molecule has 6 nitrogen and oxygen atoms in total. The van der Waals surface area contributed by atoms with Crippen molar-refractivity contribution in [3.05, 3.63) is 88.4 Å². The standard InChI is InChI=1S/C24H26FN3O3S2/c25-21-10-4-5-11-23(21)33(30,31)26-22(17-19-7-2-1-3-8-19)24(29)28-14-12-27(13-15-28)18-20-9-6-16-32-20/h1-11,16,22,26H,12-15,17-18H2/t22-/m1/s1. The molecule has 1 saturated heterocycles. The third-order valence-corrected chi connectivity index (χ3v) is 8.01. The summed E-state index contributed by atoms with van der Waals surface area (Å²) in [5.41, 5.74) is 0.823. The molecule has 174 valence electrons. The van der Waals surface area contributed by atoms with Crippen LogP contribution in [0.1, 0.15) is 10.4 Å². The minimum Gasteiger partial charge on any atom is -0.339 e. The highest BCUT2D eigenvalue weighted by Crippen LogP contribution is 2.18. The highest BCUT2D eigenvalue weighted by atomic mass is 32.2. The molecule has 33 heavy (non-hydrogen) atoms. The van der Waals surface area contributed by atoms with Gasteiger partial charge in [0.2, 0.25) is 15.9 Å². The van der Waals surface area contributed by atoms with Crippen molar-refractivity contribution in [1.29, 1.82) is 0 Å². The second-order valence-electron chi connectivity index (χ2n) is 7.97. The van der Waals surface area contributed by atoms with E-state index in [9.17, 15) is 17.6 Å². The highest BCUT2D eigenvalue weighted by molar-refractivity contribution is 7.89. The van der Waals surface area contributed by atoms with Crippen molar-refractivity contribution in [2.24, 2.45) is 0 Å². The van der Waals surface area contributed by atoms with Crippen molar-refractivity contribution in [2.75, 3.05) is 26.2 Å². The number of thiophene rings is 1. The first-order valence-electron chi connectivity index (χ1n) is 10.8. The Balaban J connectivity index is 1.48. The number of benzene rings is 2. The number of nitrogens with one attached hydrogen (secondary N) is 1. The van der Waals surface area contributed by atoms with Gasteiger partial charge in [0.1, 0.15) is 16.8 Å². The molecule has 2 heterocycles. The van der Waals surface area contributed by atoms with Gasteiger partial charge >= 0.3 is 0 Å². The number of halogens is 1. The lowest BCUT2D eigenvalue weighted by Crippen LogP contribution is -2.55. The van der Waals surface area contributed by atoms with Crippen LogP contribution >= 0.6 is 11.3 Å². The number of rotatable bonds is 8. The molecule has 1 aliphatic heterocycles. The van der Waals surface area contributed by atoms with Gasteiger partial charge in [-0.3, -0.25) is 9.69 Å². The first-order valence-corrected chi connectivity index (χ1v) is 13.1. The predicted molar refractivity (Wildman–Crippen MR) is 127 cm³/mol. The molecule has 2 aromatic carbocycles. The summed E-state index contributed by atoms with van der Waals surface area (Å²) < 4.78 is 42.6. The summed E-state index contributed by atoms with van der Waals surface area (Å²) in [5, 5.41) is 2.05. The van der Waals surface area contributed by atoms with E-state index in [1.165, 1.54) is 23.1 Å². The zero-order valence-electron chi connectivity index (χ0n) is 18.1. The summed E-state index contributed by atoms with van der Waals surface area (Å²) in [6, 6.07) is 17.5. The maximum atomic E-state index is 14.2. The molecule has 4 rings (SSSR count). The van der Waals surface area contributed by atoms with Crippen molar-refractivity contribution in [3.8, 4) is 0 Å². The summed E-state index contributed by atoms with van der Waals surface area (Å²) in [4.78, 5) is 18.2. The molecular weight excluding hydrogens is 461 g/mol. The van der Waals surface area contributed by atoms with Gasteiger partial charge in [0, 0.05) is 37.6 Å². The third kappa shape index (κ3) is 6.05. The molecule has 1 aromatic heterocycles. The minimum absolute atomic E-state index is 0.183. The maximum Gasteiger partial charge on any atom is 0.244 e. The fourth-order valence-electron chi connectivity index (χ4n) is 3.91. The molecule has 0 unspecified atom stereocenters. The van der Waals surface area contributed by atoms with Gasteiger partial charge in [0.15, 0.2) is 0 Å². The van der Waals surface area contributed by atoms with Crippen LogP contribution in [-0.4, -0.2) is 56.3 Å². The molecule has 0 aliphatic carbocycles. The average Bonchev–Trinajstić information content (AvgIpc) is 3.32. The fourth-order valence-corrected chi connectivity index (χ4v) is 5.93. The van der Waals surface area contributed by atoms with E-state index in [0.29, 0.717) is 26.2 Å². The van der Waals surface area contributed by atoms with Gasteiger partial charge in [0.05, 0.1) is 0 Å². The summed E-state index contributed by atoms with van der Waals surface area (Å²) >= 11 is 1.71. The number of sulfonamides is 1. The molecule has 3 aromatic rings. The third-order valence-electron chi connectivity index (χ3n) is 5.65. The quantitative estimate of drug-likeness (QED) is 0.530. The van der Waals surface area contributed by atoms with Crippen molar-refractivity contribution in [3.63, 3.8) is 0 Å². The van der Waals surface area contributed by atoms with E-state index in [1.54, 1.807) is 16.2 Å². The van der Waals surface area contributed by atoms with Crippen LogP contribution in [0.4, 0.5) is 4.39 Å². The first-order chi connectivity index (χ1) is 15.9. The fraction of sp³-hybridized carbons (Fsp3) is 0.292. The SMILES string of the molecule is O=C([C@@H](Cc1ccccc1)NS(=O)(=O)c1ccccc1F)N1CCN(Cc2cccs2)CC1. The molecule has 0 radical (unpaired) electrons. The Morgan fingerprint density at radius 2 is 1.67 bits per heavy atom. The van der Waals surface area contributed by atoms with Crippen LogP contribution in [0.2, 0.25) is 0 Å². The lowest BCUT2D eigenvalue weighted by molar-refractivity contribution is -0.134. The van der Waals surface area contributed by atoms with Gasteiger partial charge in [-0.25, -0.2) is 12.8 Å². The van der Waals surface area contributed by atoms with Gasteiger partial charge in [-0.1, -0.05) is 48.5 Å². The Morgan fingerprint density at radius 3 is 2.33 bits per heavy atom. The molecule has 1 N–H and O–H groups in total. The second-order valence-corrected chi connectivity index (χ2v) is 10.7. The number of hydrogen-bond acceptors (Lipinski definition) is 5. The molecule has 0 saturated carbocycles. The molecule has 0 bridgehead atoms. The molecule has 9 heteroatoms. The smallest absolute Gasteiger partial charge is 0.244 e. The monoisotopic (exact) mass is 487 g/mol. The van der Waals surface area contributed by atoms with Crippen LogP contribution < -0.4 is 4.72 Å². The Hall–Kier alpha value is -2.59. The molecular formula is C24H26FN3O3S2. The predicted octanol–water partition coefficient (Wildman–Crippen LogP) is 3.12. The van der Waals surface area contributed by atoms with Gasteiger partial charge in [-0.05, 0) is 35.6 Å². The largest absolute Gasteiger partial charge is 0.339 e. The van der Waals surface area contributed by atoms with E-state index in [1.807, 2.05) is 41.8 Å². The van der Waals surface area contributed by atoms with Crippen LogP contribution in [0.15, 0.2) is 77.0 Å². The van der Waals surface area contributed by atoms with Gasteiger partial charge in [-0.15, -0.1) is 11.3 Å². The Bertz CT molecular complexity index is 1160. The van der Waals surface area contributed by atoms with Gasteiger partial charge in [-0.2, -0.15) is 4.72 Å². The number of carbonyl (C=O) groups is 1. The minimum atomic E-state index is -4.22. The van der Waals surface area contributed by atoms with Gasteiger partial charge < -0.3 is 4.90 Å². The molecule has 1 atom stereocenters. The Morgan fingerprint density at radius 1 is 0.970 bits per heavy atom. The van der Waals surface area contributed by atoms with Crippen LogP contribution in [0.25, 0.3) is 0 Å². The maximum absolute atomic E-state index is 14.2. The summed E-state index contributed by atoms with van der Waals surface area (Å²) in [6.07, 6.45) is 0.183. The summed E-state index contributed by atoms with van der Waals surface area (Å²) in [7, 11) is -4.22. The molecule has 1 amide bonds. The number of nitrogens with zero attached hydrogens (tertiary/aromatic N) is 2. The van der Waals surface area contributed by atoms with Crippen LogP contribution in [0, 0.1) is 5.82 Å².